The van der Waals surface area contributed by atoms with Crippen LogP contribution >= 0.6 is 0 Å². The van der Waals surface area contributed by atoms with Crippen LogP contribution in [0.5, 0.6) is 0 Å². The molecule has 1 saturated carbocycles. The van der Waals surface area contributed by atoms with E-state index >= 15 is 0 Å². The summed E-state index contributed by atoms with van der Waals surface area (Å²) in [5, 5.41) is 1.15. The summed E-state index contributed by atoms with van der Waals surface area (Å²) >= 11 is 0. The fourth-order valence-electron chi connectivity index (χ4n) is 4.42. The SMILES string of the molecule is COC1CCC(n2ccnc2-c2ccc3ccc(-c4ccccc4)nc3c2)CC1. The molecule has 0 saturated heterocycles. The zero-order valence-electron chi connectivity index (χ0n) is 16.7. The predicted octanol–water partition coefficient (Wildman–Crippen LogP) is 5.90. The summed E-state index contributed by atoms with van der Waals surface area (Å²) in [4.78, 5) is 9.62. The third-order valence-electron chi connectivity index (χ3n) is 6.06. The van der Waals surface area contributed by atoms with Crippen molar-refractivity contribution < 1.29 is 4.74 Å². The highest BCUT2D eigenvalue weighted by molar-refractivity contribution is 5.85. The lowest BCUT2D eigenvalue weighted by Crippen LogP contribution is -2.22. The number of pyridine rings is 1. The number of hydrogen-bond acceptors (Lipinski definition) is 3. The second-order valence-corrected chi connectivity index (χ2v) is 7.79. The standard InChI is InChI=1S/C25H25N3O/c1-29-22-12-10-21(11-13-22)28-16-15-26-25(28)20-8-7-19-9-14-23(27-24(19)17-20)18-5-3-2-4-6-18/h2-9,14-17,21-22H,10-13H2,1H3. The van der Waals surface area contributed by atoms with Crippen molar-refractivity contribution in [3.05, 3.63) is 73.1 Å². The second kappa shape index (κ2) is 7.80. The highest BCUT2D eigenvalue weighted by Crippen LogP contribution is 2.33. The van der Waals surface area contributed by atoms with Crippen LogP contribution in [0.4, 0.5) is 0 Å². The lowest BCUT2D eigenvalue weighted by Gasteiger charge is -2.29. The third-order valence-corrected chi connectivity index (χ3v) is 6.06. The van der Waals surface area contributed by atoms with Gasteiger partial charge < -0.3 is 9.30 Å². The smallest absolute Gasteiger partial charge is 0.140 e. The van der Waals surface area contributed by atoms with Crippen LogP contribution in [0.3, 0.4) is 0 Å². The second-order valence-electron chi connectivity index (χ2n) is 7.79. The van der Waals surface area contributed by atoms with Gasteiger partial charge >= 0.3 is 0 Å². The predicted molar refractivity (Wildman–Crippen MR) is 117 cm³/mol. The molecular formula is C25H25N3O. The van der Waals surface area contributed by atoms with Crippen LogP contribution in [0.1, 0.15) is 31.7 Å². The minimum atomic E-state index is 0.402. The van der Waals surface area contributed by atoms with E-state index < -0.39 is 0 Å². The van der Waals surface area contributed by atoms with Crippen LogP contribution in [0.15, 0.2) is 73.1 Å². The number of hydrogen-bond donors (Lipinski definition) is 0. The van der Waals surface area contributed by atoms with Gasteiger partial charge in [-0.15, -0.1) is 0 Å². The molecule has 4 nitrogen and oxygen atoms in total. The Morgan fingerprint density at radius 3 is 2.48 bits per heavy atom. The summed E-state index contributed by atoms with van der Waals surface area (Å²) in [6.45, 7) is 0. The molecule has 0 unspecified atom stereocenters. The molecule has 29 heavy (non-hydrogen) atoms. The molecule has 1 aliphatic rings. The van der Waals surface area contributed by atoms with E-state index in [0.29, 0.717) is 12.1 Å². The van der Waals surface area contributed by atoms with E-state index in [1.54, 1.807) is 0 Å². The number of imidazole rings is 1. The first-order valence-electron chi connectivity index (χ1n) is 10.3. The fraction of sp³-hybridized carbons (Fsp3) is 0.280. The molecular weight excluding hydrogens is 358 g/mol. The molecule has 0 spiro atoms. The van der Waals surface area contributed by atoms with Crippen molar-refractivity contribution in [2.45, 2.75) is 37.8 Å². The van der Waals surface area contributed by atoms with Crippen molar-refractivity contribution >= 4 is 10.9 Å². The Morgan fingerprint density at radius 1 is 0.897 bits per heavy atom. The average molecular weight is 383 g/mol. The van der Waals surface area contributed by atoms with E-state index in [0.717, 1.165) is 59.2 Å². The Balaban J connectivity index is 1.49. The molecule has 146 valence electrons. The fourth-order valence-corrected chi connectivity index (χ4v) is 4.42. The number of benzene rings is 2. The van der Waals surface area contributed by atoms with E-state index in [1.807, 2.05) is 31.5 Å². The largest absolute Gasteiger partial charge is 0.381 e. The van der Waals surface area contributed by atoms with Crippen molar-refractivity contribution in [2.75, 3.05) is 7.11 Å². The Morgan fingerprint density at radius 2 is 1.69 bits per heavy atom. The van der Waals surface area contributed by atoms with Crippen LogP contribution in [0, 0.1) is 0 Å². The van der Waals surface area contributed by atoms with Gasteiger partial charge in [0.15, 0.2) is 0 Å². The summed E-state index contributed by atoms with van der Waals surface area (Å²) in [7, 11) is 1.82. The van der Waals surface area contributed by atoms with Gasteiger partial charge in [0.05, 0.1) is 17.3 Å². The van der Waals surface area contributed by atoms with Gasteiger partial charge in [-0.2, -0.15) is 0 Å². The molecule has 4 aromatic rings. The molecule has 2 aromatic carbocycles. The van der Waals surface area contributed by atoms with E-state index in [1.165, 1.54) is 0 Å². The molecule has 0 amide bonds. The maximum Gasteiger partial charge on any atom is 0.140 e. The van der Waals surface area contributed by atoms with Gasteiger partial charge in [0.25, 0.3) is 0 Å². The topological polar surface area (TPSA) is 39.9 Å². The van der Waals surface area contributed by atoms with Gasteiger partial charge in [-0.25, -0.2) is 9.97 Å². The van der Waals surface area contributed by atoms with Gasteiger partial charge in [0.2, 0.25) is 0 Å². The van der Waals surface area contributed by atoms with E-state index in [4.69, 9.17) is 14.7 Å². The maximum absolute atomic E-state index is 5.53. The number of ether oxygens (including phenoxy) is 1. The van der Waals surface area contributed by atoms with Gasteiger partial charge in [-0.3, -0.25) is 0 Å². The Kier molecular flexibility index (Phi) is 4.86. The van der Waals surface area contributed by atoms with Gasteiger partial charge in [0, 0.05) is 42.1 Å². The average Bonchev–Trinajstić information content (AvgIpc) is 3.29. The molecule has 2 aromatic heterocycles. The summed E-state index contributed by atoms with van der Waals surface area (Å²) < 4.78 is 7.88. The van der Waals surface area contributed by atoms with Gasteiger partial charge in [-0.1, -0.05) is 48.5 Å². The number of rotatable bonds is 4. The molecule has 2 heterocycles. The molecule has 0 atom stereocenters. The molecule has 4 heteroatoms. The lowest BCUT2D eigenvalue weighted by molar-refractivity contribution is 0.0586. The molecule has 0 radical (unpaired) electrons. The van der Waals surface area contributed by atoms with Crippen LogP contribution in [0.2, 0.25) is 0 Å². The van der Waals surface area contributed by atoms with E-state index in [2.05, 4.69) is 53.2 Å². The minimum Gasteiger partial charge on any atom is -0.381 e. The zero-order valence-corrected chi connectivity index (χ0v) is 16.7. The molecule has 0 bridgehead atoms. The summed E-state index contributed by atoms with van der Waals surface area (Å²) in [5.41, 5.74) is 4.25. The monoisotopic (exact) mass is 383 g/mol. The van der Waals surface area contributed by atoms with Crippen molar-refractivity contribution in [3.8, 4) is 22.6 Å². The molecule has 1 fully saturated rings. The molecule has 0 N–H and O–H groups in total. The van der Waals surface area contributed by atoms with E-state index in [9.17, 15) is 0 Å². The number of aromatic nitrogens is 3. The normalized spacial score (nSPS) is 19.5. The summed E-state index contributed by atoms with van der Waals surface area (Å²) in [5.74, 6) is 1.03. The van der Waals surface area contributed by atoms with Gasteiger partial charge in [-0.05, 0) is 37.8 Å². The third kappa shape index (κ3) is 3.56. The van der Waals surface area contributed by atoms with Crippen molar-refractivity contribution in [1.82, 2.24) is 14.5 Å². The Labute approximate surface area is 171 Å². The summed E-state index contributed by atoms with van der Waals surface area (Å²) in [6.07, 6.45) is 8.91. The van der Waals surface area contributed by atoms with E-state index in [-0.39, 0.29) is 0 Å². The quantitative estimate of drug-likeness (QED) is 0.441. The first-order chi connectivity index (χ1) is 14.3. The number of methoxy groups -OCH3 is 1. The number of fused-ring (bicyclic) bond motifs is 1. The van der Waals surface area contributed by atoms with Crippen LogP contribution in [-0.4, -0.2) is 27.7 Å². The highest BCUT2D eigenvalue weighted by atomic mass is 16.5. The van der Waals surface area contributed by atoms with Gasteiger partial charge in [0.1, 0.15) is 5.82 Å². The molecule has 0 aliphatic heterocycles. The van der Waals surface area contributed by atoms with Crippen LogP contribution in [-0.2, 0) is 4.74 Å². The Bertz CT molecular complexity index is 1110. The van der Waals surface area contributed by atoms with Crippen molar-refractivity contribution in [3.63, 3.8) is 0 Å². The Hall–Kier alpha value is -2.98. The zero-order chi connectivity index (χ0) is 19.6. The maximum atomic E-state index is 5.53. The molecule has 1 aliphatic carbocycles. The first-order valence-corrected chi connectivity index (χ1v) is 10.3. The van der Waals surface area contributed by atoms with Crippen LogP contribution < -0.4 is 0 Å². The lowest BCUT2D eigenvalue weighted by atomic mass is 9.92. The number of nitrogens with zero attached hydrogens (tertiary/aromatic N) is 3. The van der Waals surface area contributed by atoms with Crippen molar-refractivity contribution in [2.24, 2.45) is 0 Å². The minimum absolute atomic E-state index is 0.402. The summed E-state index contributed by atoms with van der Waals surface area (Å²) in [6, 6.07) is 21.5. The first kappa shape index (κ1) is 18.1. The van der Waals surface area contributed by atoms with Crippen molar-refractivity contribution in [1.29, 1.82) is 0 Å². The van der Waals surface area contributed by atoms with Crippen LogP contribution in [0.25, 0.3) is 33.5 Å². The highest BCUT2D eigenvalue weighted by Gasteiger charge is 2.24. The molecule has 5 rings (SSSR count).